The van der Waals surface area contributed by atoms with Gasteiger partial charge >= 0.3 is 0 Å². The fraction of sp³-hybridized carbons (Fsp3) is 0.588. The lowest BCUT2D eigenvalue weighted by Crippen LogP contribution is -2.50. The van der Waals surface area contributed by atoms with Crippen LogP contribution in [0.1, 0.15) is 13.3 Å². The van der Waals surface area contributed by atoms with E-state index < -0.39 is 11.9 Å². The fourth-order valence-electron chi connectivity index (χ4n) is 3.36. The molecule has 2 fully saturated rings. The van der Waals surface area contributed by atoms with E-state index in [0.29, 0.717) is 11.8 Å². The second-order valence-electron chi connectivity index (χ2n) is 6.35. The number of ether oxygens (including phenoxy) is 1. The van der Waals surface area contributed by atoms with Gasteiger partial charge in [-0.1, -0.05) is 11.6 Å². The quantitative estimate of drug-likeness (QED) is 0.893. The Labute approximate surface area is 146 Å². The lowest BCUT2D eigenvalue weighted by molar-refractivity contribution is -0.137. The molecule has 1 aromatic carbocycles. The van der Waals surface area contributed by atoms with Crippen LogP contribution in [0.4, 0.5) is 4.39 Å². The number of amides is 1. The van der Waals surface area contributed by atoms with Crippen molar-refractivity contribution in [2.75, 3.05) is 39.3 Å². The minimum atomic E-state index is -0.644. The van der Waals surface area contributed by atoms with Gasteiger partial charge in [0.2, 0.25) is 0 Å². The summed E-state index contributed by atoms with van der Waals surface area (Å²) in [5.74, 6) is -0.144. The molecule has 0 radical (unpaired) electrons. The maximum Gasteiger partial charge on any atom is 0.263 e. The second kappa shape index (κ2) is 7.68. The van der Waals surface area contributed by atoms with Crippen LogP contribution in [0.15, 0.2) is 18.2 Å². The molecule has 1 N–H and O–H groups in total. The van der Waals surface area contributed by atoms with E-state index in [-0.39, 0.29) is 10.9 Å². The first kappa shape index (κ1) is 17.5. The smallest absolute Gasteiger partial charge is 0.263 e. The van der Waals surface area contributed by atoms with Gasteiger partial charge in [0.05, 0.1) is 5.02 Å². The maximum absolute atomic E-state index is 13.1. The van der Waals surface area contributed by atoms with Crippen molar-refractivity contribution in [3.63, 3.8) is 0 Å². The molecular weight excluding hydrogens is 333 g/mol. The van der Waals surface area contributed by atoms with Crippen LogP contribution < -0.4 is 10.1 Å². The molecule has 2 atom stereocenters. The molecule has 0 spiro atoms. The predicted octanol–water partition coefficient (Wildman–Crippen LogP) is 1.75. The topological polar surface area (TPSA) is 44.8 Å². The van der Waals surface area contributed by atoms with E-state index in [9.17, 15) is 9.18 Å². The van der Waals surface area contributed by atoms with Gasteiger partial charge in [-0.3, -0.25) is 9.69 Å². The van der Waals surface area contributed by atoms with Crippen LogP contribution in [0.25, 0.3) is 0 Å². The lowest BCUT2D eigenvalue weighted by atomic mass is 10.2. The summed E-state index contributed by atoms with van der Waals surface area (Å²) >= 11 is 5.96. The Kier molecular flexibility index (Phi) is 5.58. The Hall–Kier alpha value is -1.37. The summed E-state index contributed by atoms with van der Waals surface area (Å²) in [5.41, 5.74) is 0. The molecule has 132 valence electrons. The van der Waals surface area contributed by atoms with Gasteiger partial charge in [-0.25, -0.2) is 4.39 Å². The van der Waals surface area contributed by atoms with Crippen molar-refractivity contribution in [2.24, 2.45) is 0 Å². The summed E-state index contributed by atoms with van der Waals surface area (Å²) in [7, 11) is 0. The van der Waals surface area contributed by atoms with Crippen LogP contribution in [0.3, 0.4) is 0 Å². The zero-order valence-corrected chi connectivity index (χ0v) is 14.6. The van der Waals surface area contributed by atoms with Crippen molar-refractivity contribution in [1.29, 1.82) is 0 Å². The summed E-state index contributed by atoms with van der Waals surface area (Å²) in [4.78, 5) is 16.9. The number of rotatable bonds is 4. The van der Waals surface area contributed by atoms with Gasteiger partial charge in [-0.2, -0.15) is 0 Å². The molecule has 3 rings (SSSR count). The van der Waals surface area contributed by atoms with Crippen molar-refractivity contribution in [2.45, 2.75) is 25.5 Å². The zero-order valence-electron chi connectivity index (χ0n) is 13.8. The van der Waals surface area contributed by atoms with Crippen molar-refractivity contribution in [1.82, 2.24) is 15.1 Å². The third-order valence-electron chi connectivity index (χ3n) is 4.69. The number of likely N-dealkylation sites (tertiary alicyclic amines) is 1. The number of hydrogen-bond donors (Lipinski definition) is 1. The van der Waals surface area contributed by atoms with Crippen LogP contribution in [-0.2, 0) is 4.79 Å². The van der Waals surface area contributed by atoms with Crippen molar-refractivity contribution < 1.29 is 13.9 Å². The molecule has 2 aliphatic heterocycles. The van der Waals surface area contributed by atoms with Crippen LogP contribution >= 0.6 is 11.6 Å². The molecule has 2 saturated heterocycles. The number of halogens is 2. The van der Waals surface area contributed by atoms with Gasteiger partial charge in [0.1, 0.15) is 11.6 Å². The van der Waals surface area contributed by atoms with E-state index in [1.165, 1.54) is 18.2 Å². The molecule has 0 saturated carbocycles. The SMILES string of the molecule is CC(Oc1ccc(F)cc1Cl)C(=O)N1CCC(N2CCNCC2)C1. The van der Waals surface area contributed by atoms with Gasteiger partial charge < -0.3 is 15.0 Å². The highest BCUT2D eigenvalue weighted by molar-refractivity contribution is 6.32. The Balaban J connectivity index is 1.56. The molecule has 2 aliphatic rings. The molecule has 0 aromatic heterocycles. The molecule has 1 aromatic rings. The second-order valence-corrected chi connectivity index (χ2v) is 6.75. The Morgan fingerprint density at radius 3 is 2.83 bits per heavy atom. The normalized spacial score (nSPS) is 23.3. The summed E-state index contributed by atoms with van der Waals surface area (Å²) < 4.78 is 18.7. The minimum Gasteiger partial charge on any atom is -0.479 e. The third kappa shape index (κ3) is 3.99. The number of piperazine rings is 1. The standard InChI is InChI=1S/C17H23ClFN3O2/c1-12(24-16-3-2-13(19)10-15(16)18)17(23)22-7-4-14(11-22)21-8-5-20-6-9-21/h2-3,10,12,14,20H,4-9,11H2,1H3. The van der Waals surface area contributed by atoms with Crippen LogP contribution in [0, 0.1) is 5.82 Å². The summed E-state index contributed by atoms with van der Waals surface area (Å²) in [6.07, 6.45) is 0.352. The number of nitrogens with one attached hydrogen (secondary N) is 1. The van der Waals surface area contributed by atoms with E-state index in [1.54, 1.807) is 6.92 Å². The Bertz CT molecular complexity index is 595. The summed E-state index contributed by atoms with van der Waals surface area (Å²) in [5, 5.41) is 3.52. The highest BCUT2D eigenvalue weighted by Crippen LogP contribution is 2.26. The summed E-state index contributed by atoms with van der Waals surface area (Å²) in [6, 6.07) is 4.34. The number of carbonyl (C=O) groups excluding carboxylic acids is 1. The Morgan fingerprint density at radius 1 is 1.38 bits per heavy atom. The molecule has 0 aliphatic carbocycles. The molecule has 24 heavy (non-hydrogen) atoms. The van der Waals surface area contributed by atoms with Gasteiger partial charge in [-0.15, -0.1) is 0 Å². The first-order valence-electron chi connectivity index (χ1n) is 8.40. The van der Waals surface area contributed by atoms with Crippen LogP contribution in [0.2, 0.25) is 5.02 Å². The maximum atomic E-state index is 13.1. The zero-order chi connectivity index (χ0) is 17.1. The van der Waals surface area contributed by atoms with Crippen molar-refractivity contribution in [3.05, 3.63) is 29.0 Å². The number of benzene rings is 1. The van der Waals surface area contributed by atoms with E-state index in [2.05, 4.69) is 10.2 Å². The average molecular weight is 356 g/mol. The first-order chi connectivity index (χ1) is 11.5. The van der Waals surface area contributed by atoms with Gasteiger partial charge in [0.25, 0.3) is 5.91 Å². The minimum absolute atomic E-state index is 0.0481. The van der Waals surface area contributed by atoms with E-state index >= 15 is 0 Å². The summed E-state index contributed by atoms with van der Waals surface area (Å²) in [6.45, 7) is 7.27. The molecule has 5 nitrogen and oxygen atoms in total. The number of carbonyl (C=O) groups is 1. The number of hydrogen-bond acceptors (Lipinski definition) is 4. The Morgan fingerprint density at radius 2 is 2.12 bits per heavy atom. The molecule has 2 unspecified atom stereocenters. The van der Waals surface area contributed by atoms with E-state index in [1.807, 2.05) is 4.90 Å². The van der Waals surface area contributed by atoms with Crippen LogP contribution in [-0.4, -0.2) is 67.1 Å². The highest BCUT2D eigenvalue weighted by Gasteiger charge is 2.33. The number of nitrogens with zero attached hydrogens (tertiary/aromatic N) is 2. The van der Waals surface area contributed by atoms with Crippen molar-refractivity contribution >= 4 is 17.5 Å². The first-order valence-corrected chi connectivity index (χ1v) is 8.77. The van der Waals surface area contributed by atoms with Gasteiger partial charge in [-0.05, 0) is 31.5 Å². The third-order valence-corrected chi connectivity index (χ3v) is 4.98. The molecular formula is C17H23ClFN3O2. The molecule has 0 bridgehead atoms. The van der Waals surface area contributed by atoms with Crippen LogP contribution in [0.5, 0.6) is 5.75 Å². The molecule has 7 heteroatoms. The predicted molar refractivity (Wildman–Crippen MR) is 90.9 cm³/mol. The largest absolute Gasteiger partial charge is 0.479 e. The highest BCUT2D eigenvalue weighted by atomic mass is 35.5. The van der Waals surface area contributed by atoms with Crippen molar-refractivity contribution in [3.8, 4) is 5.75 Å². The monoisotopic (exact) mass is 355 g/mol. The van der Waals surface area contributed by atoms with Gasteiger partial charge in [0, 0.05) is 45.3 Å². The van der Waals surface area contributed by atoms with E-state index in [0.717, 1.165) is 45.7 Å². The molecule has 2 heterocycles. The lowest BCUT2D eigenvalue weighted by Gasteiger charge is -2.32. The molecule has 1 amide bonds. The fourth-order valence-corrected chi connectivity index (χ4v) is 3.57. The van der Waals surface area contributed by atoms with E-state index in [4.69, 9.17) is 16.3 Å². The average Bonchev–Trinajstić information content (AvgIpc) is 3.07. The van der Waals surface area contributed by atoms with Gasteiger partial charge in [0.15, 0.2) is 6.10 Å².